The molecule has 0 bridgehead atoms. The van der Waals surface area contributed by atoms with Crippen molar-refractivity contribution in [3.8, 4) is 0 Å². The normalized spacial score (nSPS) is 18.9. The van der Waals surface area contributed by atoms with E-state index in [9.17, 15) is 5.11 Å². The molecule has 1 aliphatic carbocycles. The van der Waals surface area contributed by atoms with Gasteiger partial charge in [0.25, 0.3) is 0 Å². The predicted molar refractivity (Wildman–Crippen MR) is 71.8 cm³/mol. The van der Waals surface area contributed by atoms with Gasteiger partial charge in [0.1, 0.15) is 0 Å². The van der Waals surface area contributed by atoms with E-state index in [4.69, 9.17) is 0 Å². The van der Waals surface area contributed by atoms with Crippen molar-refractivity contribution in [2.45, 2.75) is 44.6 Å². The molecule has 0 amide bonds. The van der Waals surface area contributed by atoms with Crippen LogP contribution in [0.1, 0.15) is 38.5 Å². The first kappa shape index (κ1) is 12.3. The molecule has 0 aromatic heterocycles. The summed E-state index contributed by atoms with van der Waals surface area (Å²) >= 11 is 0. The van der Waals surface area contributed by atoms with Crippen LogP contribution in [0.2, 0.25) is 0 Å². The molecule has 1 N–H and O–H groups in total. The highest BCUT2D eigenvalue weighted by molar-refractivity contribution is 5.67. The summed E-state index contributed by atoms with van der Waals surface area (Å²) in [7, 11) is 0. The summed E-state index contributed by atoms with van der Waals surface area (Å²) < 4.78 is 0. The molecule has 0 heterocycles. The highest BCUT2D eigenvalue weighted by Gasteiger charge is 2.15. The molecule has 1 aromatic rings. The van der Waals surface area contributed by atoms with Crippen LogP contribution in [0.25, 0.3) is 0 Å². The number of aliphatic imine (C=N–C) groups is 1. The standard InChI is InChI=1S/C15H21NO/c17-15(11-10-13-6-4-5-7-13)12-16-14-8-2-1-3-9-14/h1-3,8-9,12-13,15,17H,4-7,10-11H2. The van der Waals surface area contributed by atoms with Gasteiger partial charge < -0.3 is 5.11 Å². The molecule has 1 saturated carbocycles. The molecule has 0 spiro atoms. The molecule has 92 valence electrons. The summed E-state index contributed by atoms with van der Waals surface area (Å²) in [5.41, 5.74) is 0.910. The molecule has 17 heavy (non-hydrogen) atoms. The van der Waals surface area contributed by atoms with E-state index >= 15 is 0 Å². The molecule has 2 nitrogen and oxygen atoms in total. The number of para-hydroxylation sites is 1. The number of aliphatic hydroxyl groups is 1. The zero-order valence-electron chi connectivity index (χ0n) is 10.3. The van der Waals surface area contributed by atoms with Crippen LogP contribution in [0.3, 0.4) is 0 Å². The average Bonchev–Trinajstić information content (AvgIpc) is 2.88. The van der Waals surface area contributed by atoms with E-state index in [0.717, 1.165) is 24.4 Å². The van der Waals surface area contributed by atoms with Crippen molar-refractivity contribution in [3.63, 3.8) is 0 Å². The van der Waals surface area contributed by atoms with E-state index in [2.05, 4.69) is 4.99 Å². The molecule has 0 aliphatic heterocycles. The Bertz CT molecular complexity index is 341. The molecule has 1 unspecified atom stereocenters. The molecule has 1 atom stereocenters. The van der Waals surface area contributed by atoms with Gasteiger partial charge in [-0.2, -0.15) is 0 Å². The highest BCUT2D eigenvalue weighted by atomic mass is 16.3. The fraction of sp³-hybridized carbons (Fsp3) is 0.533. The first-order chi connectivity index (χ1) is 8.34. The first-order valence-corrected chi connectivity index (χ1v) is 6.62. The summed E-state index contributed by atoms with van der Waals surface area (Å²) in [6.07, 6.45) is 8.71. The first-order valence-electron chi connectivity index (χ1n) is 6.62. The minimum Gasteiger partial charge on any atom is -0.387 e. The minimum atomic E-state index is -0.393. The van der Waals surface area contributed by atoms with Crippen LogP contribution in [-0.4, -0.2) is 17.4 Å². The zero-order valence-corrected chi connectivity index (χ0v) is 10.3. The Kier molecular flexibility index (Phi) is 4.75. The van der Waals surface area contributed by atoms with Gasteiger partial charge in [-0.1, -0.05) is 43.9 Å². The summed E-state index contributed by atoms with van der Waals surface area (Å²) in [5, 5.41) is 9.82. The summed E-state index contributed by atoms with van der Waals surface area (Å²) in [6, 6.07) is 9.77. The monoisotopic (exact) mass is 231 g/mol. The average molecular weight is 231 g/mol. The van der Waals surface area contributed by atoms with Crippen molar-refractivity contribution in [2.24, 2.45) is 10.9 Å². The Morgan fingerprint density at radius 2 is 1.94 bits per heavy atom. The Morgan fingerprint density at radius 1 is 1.24 bits per heavy atom. The van der Waals surface area contributed by atoms with Crippen molar-refractivity contribution in [2.75, 3.05) is 0 Å². The van der Waals surface area contributed by atoms with E-state index in [1.165, 1.54) is 25.7 Å². The van der Waals surface area contributed by atoms with Crippen molar-refractivity contribution in [3.05, 3.63) is 30.3 Å². The molecule has 2 rings (SSSR count). The van der Waals surface area contributed by atoms with Crippen LogP contribution < -0.4 is 0 Å². The van der Waals surface area contributed by atoms with Gasteiger partial charge in [0.05, 0.1) is 11.8 Å². The third-order valence-electron chi connectivity index (χ3n) is 3.50. The van der Waals surface area contributed by atoms with Crippen LogP contribution in [-0.2, 0) is 0 Å². The fourth-order valence-electron chi connectivity index (χ4n) is 2.47. The van der Waals surface area contributed by atoms with E-state index < -0.39 is 6.10 Å². The molecular weight excluding hydrogens is 210 g/mol. The van der Waals surface area contributed by atoms with Gasteiger partial charge in [0.15, 0.2) is 0 Å². The van der Waals surface area contributed by atoms with Gasteiger partial charge in [-0.25, -0.2) is 0 Å². The maximum absolute atomic E-state index is 9.82. The number of rotatable bonds is 5. The molecule has 1 aliphatic rings. The Labute approximate surface area is 103 Å². The van der Waals surface area contributed by atoms with Gasteiger partial charge in [-0.15, -0.1) is 0 Å². The number of nitrogens with zero attached hydrogens (tertiary/aromatic N) is 1. The fourth-order valence-corrected chi connectivity index (χ4v) is 2.47. The van der Waals surface area contributed by atoms with Crippen LogP contribution >= 0.6 is 0 Å². The second-order valence-electron chi connectivity index (χ2n) is 4.91. The molecule has 2 heteroatoms. The quantitative estimate of drug-likeness (QED) is 0.770. The Hall–Kier alpha value is -1.15. The third-order valence-corrected chi connectivity index (χ3v) is 3.50. The topological polar surface area (TPSA) is 32.6 Å². The third kappa shape index (κ3) is 4.31. The van der Waals surface area contributed by atoms with Gasteiger partial charge in [0.2, 0.25) is 0 Å². The smallest absolute Gasteiger partial charge is 0.0891 e. The van der Waals surface area contributed by atoms with Gasteiger partial charge in [0, 0.05) is 6.21 Å². The summed E-state index contributed by atoms with van der Waals surface area (Å²) in [5.74, 6) is 0.842. The lowest BCUT2D eigenvalue weighted by atomic mass is 10.00. The maximum atomic E-state index is 9.82. The van der Waals surface area contributed by atoms with Crippen molar-refractivity contribution in [1.82, 2.24) is 0 Å². The highest BCUT2D eigenvalue weighted by Crippen LogP contribution is 2.28. The summed E-state index contributed by atoms with van der Waals surface area (Å²) in [6.45, 7) is 0. The van der Waals surface area contributed by atoms with Gasteiger partial charge in [-0.3, -0.25) is 4.99 Å². The lowest BCUT2D eigenvalue weighted by molar-refractivity contribution is 0.222. The van der Waals surface area contributed by atoms with E-state index in [1.807, 2.05) is 30.3 Å². The molecule has 0 radical (unpaired) electrons. The Morgan fingerprint density at radius 3 is 2.65 bits per heavy atom. The van der Waals surface area contributed by atoms with Crippen LogP contribution in [0.4, 0.5) is 5.69 Å². The summed E-state index contributed by atoms with van der Waals surface area (Å²) in [4.78, 5) is 4.28. The van der Waals surface area contributed by atoms with E-state index in [-0.39, 0.29) is 0 Å². The number of benzene rings is 1. The van der Waals surface area contributed by atoms with E-state index in [1.54, 1.807) is 6.21 Å². The SMILES string of the molecule is OC(C=Nc1ccccc1)CCC1CCCC1. The molecule has 0 saturated heterocycles. The number of hydrogen-bond acceptors (Lipinski definition) is 2. The van der Waals surface area contributed by atoms with Crippen LogP contribution in [0.15, 0.2) is 35.3 Å². The maximum Gasteiger partial charge on any atom is 0.0891 e. The second-order valence-corrected chi connectivity index (χ2v) is 4.91. The number of aliphatic hydroxyl groups excluding tert-OH is 1. The minimum absolute atomic E-state index is 0.393. The van der Waals surface area contributed by atoms with Crippen LogP contribution in [0.5, 0.6) is 0 Å². The number of hydrogen-bond donors (Lipinski definition) is 1. The molecular formula is C15H21NO. The Balaban J connectivity index is 1.73. The molecule has 1 fully saturated rings. The predicted octanol–water partition coefficient (Wildman–Crippen LogP) is 3.72. The van der Waals surface area contributed by atoms with Crippen molar-refractivity contribution < 1.29 is 5.11 Å². The second kappa shape index (κ2) is 6.55. The van der Waals surface area contributed by atoms with Gasteiger partial charge >= 0.3 is 0 Å². The van der Waals surface area contributed by atoms with E-state index in [0.29, 0.717) is 0 Å². The lowest BCUT2D eigenvalue weighted by Gasteiger charge is -2.10. The van der Waals surface area contributed by atoms with Gasteiger partial charge in [-0.05, 0) is 30.9 Å². The van der Waals surface area contributed by atoms with Crippen molar-refractivity contribution >= 4 is 11.9 Å². The lowest BCUT2D eigenvalue weighted by Crippen LogP contribution is -2.09. The van der Waals surface area contributed by atoms with Crippen molar-refractivity contribution in [1.29, 1.82) is 0 Å². The zero-order chi connectivity index (χ0) is 11.9. The largest absolute Gasteiger partial charge is 0.387 e. The molecule has 1 aromatic carbocycles. The van der Waals surface area contributed by atoms with Crippen LogP contribution in [0, 0.1) is 5.92 Å².